The normalized spacial score (nSPS) is 11.0. The van der Waals surface area contributed by atoms with Crippen LogP contribution >= 0.6 is 0 Å². The van der Waals surface area contributed by atoms with Crippen molar-refractivity contribution in [2.75, 3.05) is 14.2 Å². The van der Waals surface area contributed by atoms with Gasteiger partial charge in [-0.05, 0) is 54.0 Å². The van der Waals surface area contributed by atoms with Crippen molar-refractivity contribution in [1.29, 1.82) is 5.41 Å². The lowest BCUT2D eigenvalue weighted by Gasteiger charge is -2.14. The highest BCUT2D eigenvalue weighted by atomic mass is 16.5. The predicted octanol–water partition coefficient (Wildman–Crippen LogP) is 2.49. The number of phenolic OH excluding ortho intramolecular Hbond substituents is 1. The first-order valence-electron chi connectivity index (χ1n) is 7.74. The van der Waals surface area contributed by atoms with E-state index >= 15 is 0 Å². The quantitative estimate of drug-likeness (QED) is 0.373. The highest BCUT2D eigenvalue weighted by molar-refractivity contribution is 6.06. The van der Waals surface area contributed by atoms with Crippen molar-refractivity contribution in [1.82, 2.24) is 5.32 Å². The molecule has 7 heteroatoms. The number of nitrogens with one attached hydrogen (secondary N) is 2. The molecule has 0 heterocycles. The van der Waals surface area contributed by atoms with Gasteiger partial charge in [-0.1, -0.05) is 12.1 Å². The molecular weight excluding hydrogens is 334 g/mol. The molecule has 0 aliphatic carbocycles. The van der Waals surface area contributed by atoms with Crippen LogP contribution in [0, 0.1) is 5.41 Å². The highest BCUT2D eigenvalue weighted by Crippen LogP contribution is 2.37. The maximum absolute atomic E-state index is 12.0. The van der Waals surface area contributed by atoms with Crippen molar-refractivity contribution in [3.05, 3.63) is 47.5 Å². The Bertz CT molecular complexity index is 858. The van der Waals surface area contributed by atoms with Crippen LogP contribution in [0.3, 0.4) is 0 Å². The van der Waals surface area contributed by atoms with Crippen molar-refractivity contribution in [2.45, 2.75) is 6.92 Å². The summed E-state index contributed by atoms with van der Waals surface area (Å²) in [6, 6.07) is 10.2. The lowest BCUT2D eigenvalue weighted by molar-refractivity contribution is -0.116. The Kier molecular flexibility index (Phi) is 5.85. The van der Waals surface area contributed by atoms with Crippen molar-refractivity contribution in [3.63, 3.8) is 0 Å². The summed E-state index contributed by atoms with van der Waals surface area (Å²) < 4.78 is 10.7. The second-order valence-electron chi connectivity index (χ2n) is 5.54. The van der Waals surface area contributed by atoms with Gasteiger partial charge < -0.3 is 20.3 Å². The maximum Gasteiger partial charge on any atom is 0.253 e. The van der Waals surface area contributed by atoms with Crippen molar-refractivity contribution in [2.24, 2.45) is 5.73 Å². The molecule has 2 aromatic rings. The number of aromatic hydroxyl groups is 1. The molecule has 0 radical (unpaired) electrons. The van der Waals surface area contributed by atoms with Crippen molar-refractivity contribution < 1.29 is 19.4 Å². The number of nitrogens with two attached hydrogens (primary N) is 1. The zero-order valence-electron chi connectivity index (χ0n) is 14.8. The van der Waals surface area contributed by atoms with Crippen LogP contribution in [0.1, 0.15) is 12.5 Å². The molecule has 0 atom stereocenters. The van der Waals surface area contributed by atoms with Crippen LogP contribution in [-0.2, 0) is 4.79 Å². The lowest BCUT2D eigenvalue weighted by atomic mass is 9.97. The number of ether oxygens (including phenoxy) is 2. The van der Waals surface area contributed by atoms with Gasteiger partial charge in [0.05, 0.1) is 14.2 Å². The Morgan fingerprint density at radius 2 is 1.73 bits per heavy atom. The maximum atomic E-state index is 12.0. The zero-order valence-corrected chi connectivity index (χ0v) is 14.8. The number of amides is 1. The minimum atomic E-state index is -0.469. The van der Waals surface area contributed by atoms with Crippen LogP contribution in [0.25, 0.3) is 17.2 Å². The van der Waals surface area contributed by atoms with Crippen LogP contribution in [0.4, 0.5) is 0 Å². The molecule has 0 unspecified atom stereocenters. The molecule has 1 amide bonds. The summed E-state index contributed by atoms with van der Waals surface area (Å²) in [5.41, 5.74) is 7.91. The van der Waals surface area contributed by atoms with E-state index in [2.05, 4.69) is 5.32 Å². The summed E-state index contributed by atoms with van der Waals surface area (Å²) in [7, 11) is 3.07. The molecule has 26 heavy (non-hydrogen) atoms. The molecule has 5 N–H and O–H groups in total. The average Bonchev–Trinajstić information content (AvgIpc) is 2.61. The first-order chi connectivity index (χ1) is 12.3. The number of benzene rings is 2. The van der Waals surface area contributed by atoms with Gasteiger partial charge >= 0.3 is 0 Å². The predicted molar refractivity (Wildman–Crippen MR) is 100 cm³/mol. The Morgan fingerprint density at radius 1 is 1.15 bits per heavy atom. The zero-order chi connectivity index (χ0) is 19.3. The molecule has 2 aromatic carbocycles. The molecule has 0 saturated heterocycles. The number of guanidine groups is 1. The molecule has 7 nitrogen and oxygen atoms in total. The van der Waals surface area contributed by atoms with Gasteiger partial charge in [0.25, 0.3) is 5.91 Å². The topological polar surface area (TPSA) is 118 Å². The van der Waals surface area contributed by atoms with Crippen LogP contribution in [-0.4, -0.2) is 31.2 Å². The Labute approximate surface area is 151 Å². The number of hydrogen-bond acceptors (Lipinski definition) is 5. The Morgan fingerprint density at radius 3 is 2.27 bits per heavy atom. The fourth-order valence-corrected chi connectivity index (χ4v) is 2.42. The largest absolute Gasteiger partial charge is 0.508 e. The third-order valence-electron chi connectivity index (χ3n) is 3.71. The third kappa shape index (κ3) is 4.32. The Balaban J connectivity index is 2.60. The molecule has 0 fully saturated rings. The number of phenols is 1. The third-order valence-corrected chi connectivity index (χ3v) is 3.71. The highest BCUT2D eigenvalue weighted by Gasteiger charge is 2.13. The molecule has 0 aliphatic rings. The van der Waals surface area contributed by atoms with Crippen LogP contribution in [0.5, 0.6) is 17.2 Å². The summed E-state index contributed by atoms with van der Waals surface area (Å²) in [6.07, 6.45) is 1.67. The van der Waals surface area contributed by atoms with E-state index in [4.69, 9.17) is 20.6 Å². The average molecular weight is 355 g/mol. The van der Waals surface area contributed by atoms with E-state index in [-0.39, 0.29) is 5.75 Å². The van der Waals surface area contributed by atoms with Gasteiger partial charge in [0, 0.05) is 5.57 Å². The molecule has 136 valence electrons. The minimum Gasteiger partial charge on any atom is -0.508 e. The van der Waals surface area contributed by atoms with Gasteiger partial charge in [-0.3, -0.25) is 15.5 Å². The molecule has 0 aromatic heterocycles. The number of carbonyl (C=O) groups is 1. The second-order valence-corrected chi connectivity index (χ2v) is 5.54. The minimum absolute atomic E-state index is 0.156. The molecular formula is C19H21N3O4. The van der Waals surface area contributed by atoms with Crippen molar-refractivity contribution in [3.8, 4) is 28.4 Å². The fourth-order valence-electron chi connectivity index (χ4n) is 2.42. The summed E-state index contributed by atoms with van der Waals surface area (Å²) in [5, 5.41) is 18.9. The molecule has 2 rings (SSSR count). The molecule has 0 saturated carbocycles. The second kappa shape index (κ2) is 8.06. The van der Waals surface area contributed by atoms with Gasteiger partial charge in [0.15, 0.2) is 17.5 Å². The molecule has 0 bridgehead atoms. The Hall–Kier alpha value is -3.48. The standard InChI is InChI=1S/C19H21N3O4/c1-11(18(24)22-19(20)21)8-13-9-16(25-2)17(26-3)10-15(13)12-4-6-14(23)7-5-12/h4-10,23H,1-3H3,(H4,20,21,22,24)/b11-8+. The van der Waals surface area contributed by atoms with Gasteiger partial charge in [0.1, 0.15) is 5.75 Å². The molecule has 0 aliphatic heterocycles. The van der Waals surface area contributed by atoms with Gasteiger partial charge in [-0.15, -0.1) is 0 Å². The summed E-state index contributed by atoms with van der Waals surface area (Å²) in [5.74, 6) is 0.320. The monoisotopic (exact) mass is 355 g/mol. The smallest absolute Gasteiger partial charge is 0.253 e. The number of rotatable bonds is 5. The van der Waals surface area contributed by atoms with Crippen LogP contribution < -0.4 is 20.5 Å². The van der Waals surface area contributed by atoms with Crippen molar-refractivity contribution >= 4 is 17.9 Å². The van der Waals surface area contributed by atoms with Crippen LogP contribution in [0.15, 0.2) is 42.0 Å². The van der Waals surface area contributed by atoms with Gasteiger partial charge in [-0.25, -0.2) is 0 Å². The van der Waals surface area contributed by atoms with E-state index in [9.17, 15) is 9.90 Å². The summed E-state index contributed by atoms with van der Waals surface area (Å²) in [4.78, 5) is 12.0. The number of carbonyl (C=O) groups excluding carboxylic acids is 1. The summed E-state index contributed by atoms with van der Waals surface area (Å²) in [6.45, 7) is 1.62. The lowest BCUT2D eigenvalue weighted by Crippen LogP contribution is -2.36. The first kappa shape index (κ1) is 18.9. The summed E-state index contributed by atoms with van der Waals surface area (Å²) >= 11 is 0. The van der Waals surface area contributed by atoms with Gasteiger partial charge in [-0.2, -0.15) is 0 Å². The molecule has 0 spiro atoms. The van der Waals surface area contributed by atoms with E-state index in [0.717, 1.165) is 11.1 Å². The van der Waals surface area contributed by atoms with E-state index in [1.165, 1.54) is 7.11 Å². The van der Waals surface area contributed by atoms with E-state index in [1.54, 1.807) is 56.5 Å². The number of hydrogen-bond donors (Lipinski definition) is 4. The number of methoxy groups -OCH3 is 2. The van der Waals surface area contributed by atoms with Gasteiger partial charge in [0.2, 0.25) is 0 Å². The van der Waals surface area contributed by atoms with E-state index in [0.29, 0.717) is 22.6 Å². The fraction of sp³-hybridized carbons (Fsp3) is 0.158. The SMILES string of the molecule is COc1cc(/C=C(\C)C(=O)NC(=N)N)c(-c2ccc(O)cc2)cc1OC. The van der Waals surface area contributed by atoms with E-state index < -0.39 is 11.9 Å². The van der Waals surface area contributed by atoms with E-state index in [1.807, 2.05) is 0 Å². The van der Waals surface area contributed by atoms with Crippen LogP contribution in [0.2, 0.25) is 0 Å². The first-order valence-corrected chi connectivity index (χ1v) is 7.74.